The quantitative estimate of drug-likeness (QED) is 0.894. The lowest BCUT2D eigenvalue weighted by atomic mass is 9.80. The van der Waals surface area contributed by atoms with E-state index in [1.54, 1.807) is 6.07 Å². The molecule has 2 N–H and O–H groups in total. The van der Waals surface area contributed by atoms with E-state index in [4.69, 9.17) is 21.4 Å². The van der Waals surface area contributed by atoms with Crippen LogP contribution in [-0.2, 0) is 16.0 Å². The summed E-state index contributed by atoms with van der Waals surface area (Å²) >= 11 is 5.95. The number of hydrogen-bond acceptors (Lipinski definition) is 3. The molecule has 5 nitrogen and oxygen atoms in total. The normalized spacial score (nSPS) is 27.0. The maximum Gasteiger partial charge on any atom is 0.306 e. The second-order valence-electron chi connectivity index (χ2n) is 5.68. The van der Waals surface area contributed by atoms with Crippen molar-refractivity contribution in [3.8, 4) is 5.75 Å². The molecule has 1 unspecified atom stereocenters. The molecule has 2 aliphatic rings. The molecule has 1 atom stereocenters. The van der Waals surface area contributed by atoms with Crippen LogP contribution in [0.5, 0.6) is 5.75 Å². The van der Waals surface area contributed by atoms with E-state index in [2.05, 4.69) is 5.32 Å². The van der Waals surface area contributed by atoms with E-state index >= 15 is 0 Å². The number of halogens is 1. The molecule has 1 aromatic rings. The van der Waals surface area contributed by atoms with E-state index in [9.17, 15) is 9.59 Å². The highest BCUT2D eigenvalue weighted by atomic mass is 35.5. The lowest BCUT2D eigenvalue weighted by Crippen LogP contribution is -2.49. The summed E-state index contributed by atoms with van der Waals surface area (Å²) in [5.74, 6) is -0.658. The summed E-state index contributed by atoms with van der Waals surface area (Å²) in [5.41, 5.74) is 0.936. The first-order valence-electron chi connectivity index (χ1n) is 6.97. The summed E-state index contributed by atoms with van der Waals surface area (Å²) in [7, 11) is 0. The van der Waals surface area contributed by atoms with Crippen LogP contribution >= 0.6 is 11.6 Å². The summed E-state index contributed by atoms with van der Waals surface area (Å²) in [6, 6.07) is 5.37. The van der Waals surface area contributed by atoms with E-state index in [1.165, 1.54) is 0 Å². The van der Waals surface area contributed by atoms with Gasteiger partial charge in [-0.2, -0.15) is 0 Å². The Labute approximate surface area is 127 Å². The Bertz CT molecular complexity index is 583. The molecular weight excluding hydrogens is 294 g/mol. The van der Waals surface area contributed by atoms with Crippen molar-refractivity contribution in [2.45, 2.75) is 25.3 Å². The molecule has 112 valence electrons. The maximum atomic E-state index is 12.2. The second-order valence-corrected chi connectivity index (χ2v) is 6.11. The number of ether oxygens (including phenoxy) is 1. The van der Waals surface area contributed by atoms with Crippen LogP contribution in [0.2, 0.25) is 5.02 Å². The van der Waals surface area contributed by atoms with Gasteiger partial charge in [-0.3, -0.25) is 9.59 Å². The molecule has 6 heteroatoms. The minimum Gasteiger partial charge on any atom is -0.492 e. The van der Waals surface area contributed by atoms with Crippen molar-refractivity contribution < 1.29 is 19.4 Å². The number of amides is 1. The van der Waals surface area contributed by atoms with Crippen LogP contribution in [0.3, 0.4) is 0 Å². The molecule has 0 radical (unpaired) electrons. The van der Waals surface area contributed by atoms with Crippen LogP contribution in [-0.4, -0.2) is 29.6 Å². The van der Waals surface area contributed by atoms with Gasteiger partial charge in [-0.25, -0.2) is 0 Å². The molecule has 21 heavy (non-hydrogen) atoms. The van der Waals surface area contributed by atoms with Crippen molar-refractivity contribution in [1.82, 2.24) is 5.32 Å². The molecule has 1 aliphatic carbocycles. The average Bonchev–Trinajstić information content (AvgIpc) is 2.40. The van der Waals surface area contributed by atoms with Gasteiger partial charge in [-0.1, -0.05) is 11.6 Å². The van der Waals surface area contributed by atoms with Crippen LogP contribution in [0, 0.1) is 11.8 Å². The van der Waals surface area contributed by atoms with Gasteiger partial charge in [0.25, 0.3) is 0 Å². The number of carbonyl (C=O) groups excluding carboxylic acids is 1. The Morgan fingerprint density at radius 2 is 2.05 bits per heavy atom. The zero-order chi connectivity index (χ0) is 15.0. The van der Waals surface area contributed by atoms with Gasteiger partial charge >= 0.3 is 5.97 Å². The van der Waals surface area contributed by atoms with Gasteiger partial charge in [0, 0.05) is 11.1 Å². The molecule has 1 fully saturated rings. The van der Waals surface area contributed by atoms with Crippen LogP contribution in [0.1, 0.15) is 18.4 Å². The zero-order valence-corrected chi connectivity index (χ0v) is 12.1. The molecule has 0 spiro atoms. The molecule has 0 aromatic heterocycles. The van der Waals surface area contributed by atoms with Crippen molar-refractivity contribution in [2.24, 2.45) is 11.8 Å². The Hall–Kier alpha value is -1.75. The van der Waals surface area contributed by atoms with Gasteiger partial charge in [0.2, 0.25) is 5.91 Å². The third kappa shape index (κ3) is 2.97. The molecule has 0 saturated heterocycles. The summed E-state index contributed by atoms with van der Waals surface area (Å²) in [6.07, 6.45) is 1.62. The molecule has 1 aliphatic heterocycles. The Kier molecular flexibility index (Phi) is 3.76. The number of carboxylic acid groups (broad SMARTS) is 1. The van der Waals surface area contributed by atoms with Gasteiger partial charge in [0.15, 0.2) is 0 Å². The van der Waals surface area contributed by atoms with E-state index < -0.39 is 5.97 Å². The SMILES string of the molecule is O=C(O)C1CC(NC(=O)C2COc3ccc(Cl)cc3C2)C1. The minimum atomic E-state index is -0.787. The van der Waals surface area contributed by atoms with Gasteiger partial charge in [-0.05, 0) is 43.0 Å². The number of rotatable bonds is 3. The highest BCUT2D eigenvalue weighted by molar-refractivity contribution is 6.30. The topological polar surface area (TPSA) is 75.6 Å². The average molecular weight is 310 g/mol. The fourth-order valence-electron chi connectivity index (χ4n) is 2.79. The largest absolute Gasteiger partial charge is 0.492 e. The van der Waals surface area contributed by atoms with Gasteiger partial charge in [-0.15, -0.1) is 0 Å². The van der Waals surface area contributed by atoms with Crippen molar-refractivity contribution in [3.05, 3.63) is 28.8 Å². The number of aliphatic carboxylic acids is 1. The monoisotopic (exact) mass is 309 g/mol. The lowest BCUT2D eigenvalue weighted by Gasteiger charge is -2.34. The number of carboxylic acids is 1. The number of hydrogen-bond donors (Lipinski definition) is 2. The van der Waals surface area contributed by atoms with E-state index in [0.717, 1.165) is 11.3 Å². The number of benzene rings is 1. The van der Waals surface area contributed by atoms with Crippen LogP contribution in [0.25, 0.3) is 0 Å². The van der Waals surface area contributed by atoms with E-state index in [0.29, 0.717) is 30.9 Å². The van der Waals surface area contributed by atoms with Gasteiger partial charge in [0.1, 0.15) is 12.4 Å². The third-order valence-corrected chi connectivity index (χ3v) is 4.37. The molecular formula is C15H16ClNO4. The smallest absolute Gasteiger partial charge is 0.306 e. The molecule has 1 heterocycles. The Morgan fingerprint density at radius 3 is 2.76 bits per heavy atom. The summed E-state index contributed by atoms with van der Waals surface area (Å²) in [4.78, 5) is 22.9. The van der Waals surface area contributed by atoms with Gasteiger partial charge in [0.05, 0.1) is 11.8 Å². The molecule has 3 rings (SSSR count). The van der Waals surface area contributed by atoms with Crippen LogP contribution < -0.4 is 10.1 Å². The fraction of sp³-hybridized carbons (Fsp3) is 0.467. The van der Waals surface area contributed by atoms with E-state index in [1.807, 2.05) is 12.1 Å². The van der Waals surface area contributed by atoms with Crippen molar-refractivity contribution in [3.63, 3.8) is 0 Å². The Morgan fingerprint density at radius 1 is 1.29 bits per heavy atom. The van der Waals surface area contributed by atoms with Crippen LogP contribution in [0.15, 0.2) is 18.2 Å². The minimum absolute atomic E-state index is 0.0284. The summed E-state index contributed by atoms with van der Waals surface area (Å²) in [6.45, 7) is 0.343. The molecule has 1 aromatic carbocycles. The predicted octanol–water partition coefficient (Wildman–Crippen LogP) is 1.87. The summed E-state index contributed by atoms with van der Waals surface area (Å²) < 4.78 is 5.59. The zero-order valence-electron chi connectivity index (χ0n) is 11.3. The first-order chi connectivity index (χ1) is 10.0. The number of carbonyl (C=O) groups is 2. The number of nitrogens with one attached hydrogen (secondary N) is 1. The summed E-state index contributed by atoms with van der Waals surface area (Å²) in [5, 5.41) is 12.4. The highest BCUT2D eigenvalue weighted by Gasteiger charge is 2.37. The Balaban J connectivity index is 1.56. The second kappa shape index (κ2) is 5.56. The lowest BCUT2D eigenvalue weighted by molar-refractivity contribution is -0.146. The predicted molar refractivity (Wildman–Crippen MR) is 76.4 cm³/mol. The third-order valence-electron chi connectivity index (χ3n) is 4.13. The maximum absolute atomic E-state index is 12.2. The molecule has 1 saturated carbocycles. The molecule has 0 bridgehead atoms. The van der Waals surface area contributed by atoms with E-state index in [-0.39, 0.29) is 23.8 Å². The number of fused-ring (bicyclic) bond motifs is 1. The standard InChI is InChI=1S/C15H16ClNO4/c16-11-1-2-13-8(4-11)3-10(7-21-13)14(18)17-12-5-9(6-12)15(19)20/h1-2,4,9-10,12H,3,5-7H2,(H,17,18)(H,19,20). The first-order valence-corrected chi connectivity index (χ1v) is 7.35. The molecule has 1 amide bonds. The fourth-order valence-corrected chi connectivity index (χ4v) is 2.98. The highest BCUT2D eigenvalue weighted by Crippen LogP contribution is 2.31. The van der Waals surface area contributed by atoms with Gasteiger partial charge < -0.3 is 15.2 Å². The van der Waals surface area contributed by atoms with Crippen molar-refractivity contribution >= 4 is 23.5 Å². The van der Waals surface area contributed by atoms with Crippen molar-refractivity contribution in [2.75, 3.05) is 6.61 Å². The first kappa shape index (κ1) is 14.2. The van der Waals surface area contributed by atoms with Crippen molar-refractivity contribution in [1.29, 1.82) is 0 Å². The van der Waals surface area contributed by atoms with Crippen LogP contribution in [0.4, 0.5) is 0 Å².